The Bertz CT molecular complexity index is 585. The summed E-state index contributed by atoms with van der Waals surface area (Å²) >= 11 is 0. The Morgan fingerprint density at radius 2 is 0.880 bits per heavy atom. The predicted molar refractivity (Wildman–Crippen MR) is 103 cm³/mol. The van der Waals surface area contributed by atoms with E-state index in [1.807, 2.05) is 102 Å². The van der Waals surface area contributed by atoms with Gasteiger partial charge in [0.1, 0.15) is 11.5 Å². The van der Waals surface area contributed by atoms with E-state index in [1.165, 1.54) is 0 Å². The summed E-state index contributed by atoms with van der Waals surface area (Å²) in [5.74, 6) is 1.28. The van der Waals surface area contributed by atoms with Crippen molar-refractivity contribution in [1.29, 1.82) is 0 Å². The topological polar surface area (TPSA) is 36.9 Å². The average molecular weight is 363 g/mol. The summed E-state index contributed by atoms with van der Waals surface area (Å²) in [5, 5.41) is 0. The molecule has 0 amide bonds. The zero-order valence-corrected chi connectivity index (χ0v) is 16.7. The first kappa shape index (κ1) is 19.7. The molecule has 0 saturated carbocycles. The monoisotopic (exact) mass is 363 g/mol. The lowest BCUT2D eigenvalue weighted by Gasteiger charge is -2.40. The molecule has 2 aromatic carbocycles. The molecule has 2 rings (SSSR count). The smallest absolute Gasteiger partial charge is 0.406 e. The highest BCUT2D eigenvalue weighted by atomic mass is 31.2. The predicted octanol–water partition coefficient (Wildman–Crippen LogP) is 6.45. The Balaban J connectivity index is 2.43. The van der Waals surface area contributed by atoms with E-state index in [2.05, 4.69) is 0 Å². The fraction of sp³-hybridized carbons (Fsp3) is 0.400. The van der Waals surface area contributed by atoms with Crippen LogP contribution in [0.1, 0.15) is 41.5 Å². The molecule has 4 nitrogen and oxygen atoms in total. The van der Waals surface area contributed by atoms with Crippen LogP contribution in [0.4, 0.5) is 0 Å². The van der Waals surface area contributed by atoms with Gasteiger partial charge >= 0.3 is 8.17 Å². The van der Waals surface area contributed by atoms with Crippen LogP contribution in [0, 0.1) is 0 Å². The fourth-order valence-corrected chi connectivity index (χ4v) is 4.33. The molecule has 0 unspecified atom stereocenters. The first-order chi connectivity index (χ1) is 11.6. The maximum atomic E-state index is 6.25. The van der Waals surface area contributed by atoms with Gasteiger partial charge in [-0.3, -0.25) is 9.05 Å². The Labute approximate surface area is 151 Å². The molecule has 0 fully saturated rings. The van der Waals surface area contributed by atoms with E-state index < -0.39 is 19.4 Å². The number of benzene rings is 2. The maximum Gasteiger partial charge on any atom is 0.494 e. The van der Waals surface area contributed by atoms with Crippen LogP contribution in [-0.2, 0) is 9.05 Å². The molecular weight excluding hydrogens is 335 g/mol. The van der Waals surface area contributed by atoms with Crippen LogP contribution >= 0.6 is 8.17 Å². The molecule has 2 aromatic rings. The minimum absolute atomic E-state index is 0.511. The molecule has 0 aliphatic carbocycles. The minimum Gasteiger partial charge on any atom is -0.406 e. The summed E-state index contributed by atoms with van der Waals surface area (Å²) in [7, 11) is -3.18. The van der Waals surface area contributed by atoms with Gasteiger partial charge in [-0.2, -0.15) is 0 Å². The Morgan fingerprint density at radius 1 is 0.560 bits per heavy atom. The third-order valence-corrected chi connectivity index (χ3v) is 5.10. The standard InChI is InChI=1S/C20H28O4P/c1-19(2,3)23-25(24-20(4,5)6,21-17-13-9-7-10-14-17)22-18-15-11-8-12-16-18/h7-16H,1-6H3. The van der Waals surface area contributed by atoms with Crippen molar-refractivity contribution in [3.05, 3.63) is 60.7 Å². The molecule has 0 atom stereocenters. The van der Waals surface area contributed by atoms with Gasteiger partial charge in [0.05, 0.1) is 11.2 Å². The number of rotatable bonds is 6. The normalized spacial score (nSPS) is 12.7. The Hall–Kier alpha value is -1.61. The zero-order valence-electron chi connectivity index (χ0n) is 15.9. The van der Waals surface area contributed by atoms with Crippen LogP contribution in [0.5, 0.6) is 11.5 Å². The van der Waals surface area contributed by atoms with E-state index in [9.17, 15) is 0 Å². The van der Waals surface area contributed by atoms with Crippen LogP contribution in [-0.4, -0.2) is 11.2 Å². The van der Waals surface area contributed by atoms with Crippen LogP contribution in [0.25, 0.3) is 0 Å². The van der Waals surface area contributed by atoms with Crippen molar-refractivity contribution in [2.24, 2.45) is 0 Å². The molecule has 0 N–H and O–H groups in total. The van der Waals surface area contributed by atoms with Crippen molar-refractivity contribution in [3.8, 4) is 11.5 Å². The molecule has 0 aliphatic heterocycles. The van der Waals surface area contributed by atoms with Crippen LogP contribution in [0.15, 0.2) is 60.7 Å². The van der Waals surface area contributed by atoms with Crippen molar-refractivity contribution in [2.75, 3.05) is 0 Å². The van der Waals surface area contributed by atoms with Crippen molar-refractivity contribution in [3.63, 3.8) is 0 Å². The van der Waals surface area contributed by atoms with Crippen molar-refractivity contribution >= 4 is 8.17 Å². The van der Waals surface area contributed by atoms with Crippen molar-refractivity contribution < 1.29 is 18.1 Å². The Kier molecular flexibility index (Phi) is 6.10. The van der Waals surface area contributed by atoms with Gasteiger partial charge in [0.15, 0.2) is 0 Å². The number of hydrogen-bond acceptors (Lipinski definition) is 4. The summed E-state index contributed by atoms with van der Waals surface area (Å²) < 4.78 is 24.9. The van der Waals surface area contributed by atoms with Gasteiger partial charge in [0.2, 0.25) is 0 Å². The van der Waals surface area contributed by atoms with E-state index in [0.29, 0.717) is 11.5 Å². The lowest BCUT2D eigenvalue weighted by Crippen LogP contribution is -2.31. The van der Waals surface area contributed by atoms with E-state index in [-0.39, 0.29) is 0 Å². The summed E-state index contributed by atoms with van der Waals surface area (Å²) in [6.45, 7) is 11.7. The van der Waals surface area contributed by atoms with Gasteiger partial charge in [0, 0.05) is 0 Å². The van der Waals surface area contributed by atoms with Crippen LogP contribution in [0.3, 0.4) is 0 Å². The van der Waals surface area contributed by atoms with Gasteiger partial charge in [-0.15, -0.1) is 0 Å². The lowest BCUT2D eigenvalue weighted by atomic mass is 10.2. The van der Waals surface area contributed by atoms with Gasteiger partial charge < -0.3 is 9.05 Å². The summed E-state index contributed by atoms with van der Waals surface area (Å²) in [4.78, 5) is 0. The highest BCUT2D eigenvalue weighted by Gasteiger charge is 2.46. The van der Waals surface area contributed by atoms with Crippen LogP contribution < -0.4 is 9.05 Å². The molecule has 25 heavy (non-hydrogen) atoms. The zero-order chi connectivity index (χ0) is 18.6. The lowest BCUT2D eigenvalue weighted by molar-refractivity contribution is 0.00490. The van der Waals surface area contributed by atoms with E-state index in [4.69, 9.17) is 18.1 Å². The SMILES string of the molecule is CC(C)(C)O[P](Oc1ccccc1)(Oc1ccccc1)OC(C)(C)C. The molecule has 0 spiro atoms. The quantitative estimate of drug-likeness (QED) is 0.553. The third kappa shape index (κ3) is 7.03. The number of hydrogen-bond donors (Lipinski definition) is 0. The fourth-order valence-electron chi connectivity index (χ4n) is 2.00. The molecule has 0 heterocycles. The van der Waals surface area contributed by atoms with Crippen molar-refractivity contribution in [2.45, 2.75) is 52.7 Å². The third-order valence-electron chi connectivity index (χ3n) is 2.69. The van der Waals surface area contributed by atoms with Gasteiger partial charge in [-0.25, -0.2) is 0 Å². The van der Waals surface area contributed by atoms with E-state index in [0.717, 1.165) is 0 Å². The summed E-state index contributed by atoms with van der Waals surface area (Å²) in [6, 6.07) is 18.9. The second kappa shape index (κ2) is 7.74. The first-order valence-electron chi connectivity index (χ1n) is 8.37. The molecule has 0 saturated heterocycles. The second-order valence-corrected chi connectivity index (χ2v) is 9.29. The van der Waals surface area contributed by atoms with Gasteiger partial charge in [0.25, 0.3) is 0 Å². The van der Waals surface area contributed by atoms with Crippen molar-refractivity contribution in [1.82, 2.24) is 0 Å². The number of para-hydroxylation sites is 2. The summed E-state index contributed by atoms with van der Waals surface area (Å²) in [6.07, 6.45) is 0. The molecule has 1 radical (unpaired) electrons. The van der Waals surface area contributed by atoms with E-state index in [1.54, 1.807) is 0 Å². The molecule has 137 valence electrons. The largest absolute Gasteiger partial charge is 0.494 e. The molecule has 0 aromatic heterocycles. The highest BCUT2D eigenvalue weighted by molar-refractivity contribution is 7.57. The Morgan fingerprint density at radius 3 is 1.16 bits per heavy atom. The molecule has 0 aliphatic rings. The average Bonchev–Trinajstić information content (AvgIpc) is 2.45. The van der Waals surface area contributed by atoms with Crippen LogP contribution in [0.2, 0.25) is 0 Å². The molecule has 5 heteroatoms. The van der Waals surface area contributed by atoms with E-state index >= 15 is 0 Å². The van der Waals surface area contributed by atoms with Gasteiger partial charge in [-0.1, -0.05) is 36.4 Å². The maximum absolute atomic E-state index is 6.25. The highest BCUT2D eigenvalue weighted by Crippen LogP contribution is 2.66. The second-order valence-electron chi connectivity index (χ2n) is 7.66. The molecule has 0 bridgehead atoms. The minimum atomic E-state index is -3.18. The molecular formula is C20H28O4P. The van der Waals surface area contributed by atoms with Gasteiger partial charge in [-0.05, 0) is 65.8 Å². The summed E-state index contributed by atoms with van der Waals surface area (Å²) in [5.41, 5.74) is -1.02. The first-order valence-corrected chi connectivity index (χ1v) is 9.83.